The summed E-state index contributed by atoms with van der Waals surface area (Å²) in [6.45, 7) is 8.48. The van der Waals surface area contributed by atoms with Crippen molar-refractivity contribution in [2.75, 3.05) is 6.61 Å². The fraction of sp³-hybridized carbons (Fsp3) is 0.750. The zero-order valence-electron chi connectivity index (χ0n) is 10.9. The van der Waals surface area contributed by atoms with Crippen LogP contribution in [0.3, 0.4) is 0 Å². The van der Waals surface area contributed by atoms with E-state index in [2.05, 4.69) is 31.2 Å². The van der Waals surface area contributed by atoms with Gasteiger partial charge in [0.15, 0.2) is 0 Å². The van der Waals surface area contributed by atoms with Gasteiger partial charge in [0.2, 0.25) is 0 Å². The minimum Gasteiger partial charge on any atom is -0.395 e. The zero-order valence-corrected chi connectivity index (χ0v) is 10.9. The van der Waals surface area contributed by atoms with Crippen LogP contribution < -0.4 is 5.32 Å². The third-order valence-electron chi connectivity index (χ3n) is 3.20. The number of aliphatic hydroxyl groups excluding tert-OH is 1. The fourth-order valence-electron chi connectivity index (χ4n) is 2.15. The quantitative estimate of drug-likeness (QED) is 0.797. The molecule has 1 rings (SSSR count). The number of aromatic nitrogens is 2. The SMILES string of the molecule is CCC(CO)NC(C)c1c(C)nn(C)c1C. The second kappa shape index (κ2) is 5.46. The number of hydrogen-bond acceptors (Lipinski definition) is 3. The van der Waals surface area contributed by atoms with E-state index >= 15 is 0 Å². The maximum atomic E-state index is 9.18. The van der Waals surface area contributed by atoms with Gasteiger partial charge in [0, 0.05) is 30.4 Å². The highest BCUT2D eigenvalue weighted by Gasteiger charge is 2.18. The van der Waals surface area contributed by atoms with Gasteiger partial charge in [0.05, 0.1) is 12.3 Å². The van der Waals surface area contributed by atoms with Gasteiger partial charge in [-0.05, 0) is 27.2 Å². The summed E-state index contributed by atoms with van der Waals surface area (Å²) < 4.78 is 1.91. The summed E-state index contributed by atoms with van der Waals surface area (Å²) in [5, 5.41) is 17.0. The van der Waals surface area contributed by atoms with Crippen molar-refractivity contribution in [2.45, 2.75) is 46.2 Å². The molecule has 0 spiro atoms. The molecule has 2 N–H and O–H groups in total. The summed E-state index contributed by atoms with van der Waals surface area (Å²) in [6.07, 6.45) is 0.930. The average molecular weight is 225 g/mol. The van der Waals surface area contributed by atoms with E-state index in [0.29, 0.717) is 0 Å². The van der Waals surface area contributed by atoms with E-state index in [-0.39, 0.29) is 18.7 Å². The van der Waals surface area contributed by atoms with Crippen molar-refractivity contribution in [3.05, 3.63) is 17.0 Å². The molecule has 16 heavy (non-hydrogen) atoms. The second-order valence-corrected chi connectivity index (χ2v) is 4.38. The number of nitrogens with zero attached hydrogens (tertiary/aromatic N) is 2. The Balaban J connectivity index is 2.83. The van der Waals surface area contributed by atoms with Gasteiger partial charge in [-0.2, -0.15) is 5.10 Å². The Morgan fingerprint density at radius 3 is 2.44 bits per heavy atom. The molecule has 1 heterocycles. The first kappa shape index (κ1) is 13.2. The Kier molecular flexibility index (Phi) is 4.50. The zero-order chi connectivity index (χ0) is 12.3. The highest BCUT2D eigenvalue weighted by molar-refractivity contribution is 5.27. The summed E-state index contributed by atoms with van der Waals surface area (Å²) in [6, 6.07) is 0.389. The van der Waals surface area contributed by atoms with Gasteiger partial charge < -0.3 is 10.4 Å². The lowest BCUT2D eigenvalue weighted by Crippen LogP contribution is -2.34. The van der Waals surface area contributed by atoms with Crippen molar-refractivity contribution in [1.82, 2.24) is 15.1 Å². The topological polar surface area (TPSA) is 50.1 Å². The Morgan fingerprint density at radius 1 is 1.44 bits per heavy atom. The molecule has 92 valence electrons. The van der Waals surface area contributed by atoms with Crippen molar-refractivity contribution in [1.29, 1.82) is 0 Å². The fourth-order valence-corrected chi connectivity index (χ4v) is 2.15. The first-order valence-electron chi connectivity index (χ1n) is 5.88. The molecule has 0 saturated carbocycles. The van der Waals surface area contributed by atoms with Crippen LogP contribution in [0.1, 0.15) is 43.3 Å². The minimum absolute atomic E-state index is 0.161. The third-order valence-corrected chi connectivity index (χ3v) is 3.20. The van der Waals surface area contributed by atoms with Crippen LogP contribution in [0.2, 0.25) is 0 Å². The molecular formula is C12H23N3O. The standard InChI is InChI=1S/C12H23N3O/c1-6-11(7-16)13-8(2)12-9(3)14-15(5)10(12)4/h8,11,13,16H,6-7H2,1-5H3. The van der Waals surface area contributed by atoms with E-state index in [1.54, 1.807) is 0 Å². The lowest BCUT2D eigenvalue weighted by Gasteiger charge is -2.21. The van der Waals surface area contributed by atoms with E-state index in [9.17, 15) is 5.11 Å². The van der Waals surface area contributed by atoms with Crippen molar-refractivity contribution >= 4 is 0 Å². The van der Waals surface area contributed by atoms with Crippen molar-refractivity contribution in [3.63, 3.8) is 0 Å². The number of aryl methyl sites for hydroxylation is 2. The van der Waals surface area contributed by atoms with E-state index in [1.807, 2.05) is 18.7 Å². The predicted molar refractivity (Wildman–Crippen MR) is 65.4 cm³/mol. The highest BCUT2D eigenvalue weighted by Crippen LogP contribution is 2.21. The summed E-state index contributed by atoms with van der Waals surface area (Å²) in [4.78, 5) is 0. The molecule has 0 aliphatic carbocycles. The number of nitrogens with one attached hydrogen (secondary N) is 1. The molecular weight excluding hydrogens is 202 g/mol. The number of rotatable bonds is 5. The van der Waals surface area contributed by atoms with Crippen LogP contribution in [0.5, 0.6) is 0 Å². The van der Waals surface area contributed by atoms with Crippen LogP contribution in [0.25, 0.3) is 0 Å². The molecule has 4 nitrogen and oxygen atoms in total. The molecule has 0 aromatic carbocycles. The van der Waals surface area contributed by atoms with Gasteiger partial charge in [0.25, 0.3) is 0 Å². The average Bonchev–Trinajstić information content (AvgIpc) is 2.49. The normalized spacial score (nSPS) is 15.1. The molecule has 0 aliphatic rings. The van der Waals surface area contributed by atoms with E-state index < -0.39 is 0 Å². The molecule has 0 bridgehead atoms. The minimum atomic E-state index is 0.161. The third kappa shape index (κ3) is 2.62. The van der Waals surface area contributed by atoms with E-state index in [4.69, 9.17) is 0 Å². The summed E-state index contributed by atoms with van der Waals surface area (Å²) in [5.74, 6) is 0. The monoisotopic (exact) mass is 225 g/mol. The Hall–Kier alpha value is -0.870. The molecule has 2 unspecified atom stereocenters. The van der Waals surface area contributed by atoms with Crippen LogP contribution in [0.15, 0.2) is 0 Å². The van der Waals surface area contributed by atoms with Crippen molar-refractivity contribution in [3.8, 4) is 0 Å². The molecule has 2 atom stereocenters. The molecule has 0 fully saturated rings. The second-order valence-electron chi connectivity index (χ2n) is 4.38. The molecule has 0 aliphatic heterocycles. The largest absolute Gasteiger partial charge is 0.395 e. The molecule has 4 heteroatoms. The summed E-state index contributed by atoms with van der Waals surface area (Å²) in [5.41, 5.74) is 3.49. The predicted octanol–water partition coefficient (Wildman–Crippen LogP) is 1.46. The van der Waals surface area contributed by atoms with Crippen molar-refractivity contribution < 1.29 is 5.11 Å². The van der Waals surface area contributed by atoms with Crippen LogP contribution in [-0.2, 0) is 7.05 Å². The Bertz CT molecular complexity index is 342. The van der Waals surface area contributed by atoms with Crippen LogP contribution in [0, 0.1) is 13.8 Å². The maximum absolute atomic E-state index is 9.18. The summed E-state index contributed by atoms with van der Waals surface area (Å²) in [7, 11) is 1.96. The maximum Gasteiger partial charge on any atom is 0.0644 e. The van der Waals surface area contributed by atoms with Gasteiger partial charge in [-0.15, -0.1) is 0 Å². The lowest BCUT2D eigenvalue weighted by molar-refractivity contribution is 0.230. The van der Waals surface area contributed by atoms with Crippen molar-refractivity contribution in [2.24, 2.45) is 7.05 Å². The van der Waals surface area contributed by atoms with Gasteiger partial charge in [-0.3, -0.25) is 4.68 Å². The highest BCUT2D eigenvalue weighted by atomic mass is 16.3. The Labute approximate surface area is 97.7 Å². The van der Waals surface area contributed by atoms with Gasteiger partial charge >= 0.3 is 0 Å². The molecule has 0 amide bonds. The van der Waals surface area contributed by atoms with E-state index in [0.717, 1.165) is 12.1 Å². The van der Waals surface area contributed by atoms with Crippen LogP contribution >= 0.6 is 0 Å². The first-order valence-corrected chi connectivity index (χ1v) is 5.88. The molecule has 0 radical (unpaired) electrons. The van der Waals surface area contributed by atoms with Crippen LogP contribution in [0.4, 0.5) is 0 Å². The number of hydrogen-bond donors (Lipinski definition) is 2. The first-order chi connectivity index (χ1) is 7.51. The van der Waals surface area contributed by atoms with Gasteiger partial charge in [-0.25, -0.2) is 0 Å². The molecule has 0 saturated heterocycles. The van der Waals surface area contributed by atoms with Gasteiger partial charge in [-0.1, -0.05) is 6.92 Å². The van der Waals surface area contributed by atoms with Crippen LogP contribution in [-0.4, -0.2) is 27.5 Å². The summed E-state index contributed by atoms with van der Waals surface area (Å²) >= 11 is 0. The Morgan fingerprint density at radius 2 is 2.06 bits per heavy atom. The lowest BCUT2D eigenvalue weighted by atomic mass is 10.0. The smallest absolute Gasteiger partial charge is 0.0644 e. The van der Waals surface area contributed by atoms with Gasteiger partial charge in [0.1, 0.15) is 0 Å². The molecule has 1 aromatic rings. The molecule has 1 aromatic heterocycles. The van der Waals surface area contributed by atoms with E-state index in [1.165, 1.54) is 11.3 Å². The number of aliphatic hydroxyl groups is 1.